The molecule has 8 heteroatoms. The van der Waals surface area contributed by atoms with E-state index in [-0.39, 0.29) is 10.6 Å². The first-order valence-corrected chi connectivity index (χ1v) is 11.5. The molecule has 0 unspecified atom stereocenters. The van der Waals surface area contributed by atoms with Crippen LogP contribution < -0.4 is 4.74 Å². The van der Waals surface area contributed by atoms with Gasteiger partial charge < -0.3 is 9.30 Å². The lowest BCUT2D eigenvalue weighted by Gasteiger charge is -2.08. The van der Waals surface area contributed by atoms with Crippen molar-refractivity contribution < 1.29 is 13.2 Å². The van der Waals surface area contributed by atoms with Gasteiger partial charge in [0.25, 0.3) is 0 Å². The van der Waals surface area contributed by atoms with Gasteiger partial charge in [-0.05, 0) is 49.2 Å². The molecule has 0 radical (unpaired) electrons. The molecule has 6 nitrogen and oxygen atoms in total. The lowest BCUT2D eigenvalue weighted by Crippen LogP contribution is -2.10. The highest BCUT2D eigenvalue weighted by Crippen LogP contribution is 2.21. The van der Waals surface area contributed by atoms with E-state index < -0.39 is 9.84 Å². The monoisotopic (exact) mass is 417 g/mol. The Bertz CT molecular complexity index is 1030. The van der Waals surface area contributed by atoms with Gasteiger partial charge in [-0.25, -0.2) is 8.42 Å². The van der Waals surface area contributed by atoms with Crippen molar-refractivity contribution in [3.05, 3.63) is 65.5 Å². The standard InChI is InChI=1S/C20H23N3O3S2/c1-15-11-16(2)13-17(12-15)26-9-10-27-20-22-21-19(23(20)3)14-28(24,25)18-7-5-4-6-8-18/h4-8,11-13H,9-10,14H2,1-3H3. The molecule has 0 saturated carbocycles. The second-order valence-electron chi connectivity index (χ2n) is 6.55. The van der Waals surface area contributed by atoms with Crippen LogP contribution in [0.5, 0.6) is 5.75 Å². The summed E-state index contributed by atoms with van der Waals surface area (Å²) in [7, 11) is -1.67. The van der Waals surface area contributed by atoms with E-state index in [1.165, 1.54) is 22.9 Å². The number of ether oxygens (including phenoxy) is 1. The van der Waals surface area contributed by atoms with E-state index in [4.69, 9.17) is 4.74 Å². The van der Waals surface area contributed by atoms with Gasteiger partial charge in [0.15, 0.2) is 15.0 Å². The van der Waals surface area contributed by atoms with E-state index in [2.05, 4.69) is 16.3 Å². The summed E-state index contributed by atoms with van der Waals surface area (Å²) in [5.41, 5.74) is 2.33. The zero-order valence-corrected chi connectivity index (χ0v) is 17.8. The normalized spacial score (nSPS) is 11.5. The number of aryl methyl sites for hydroxylation is 2. The lowest BCUT2D eigenvalue weighted by atomic mass is 10.1. The van der Waals surface area contributed by atoms with Crippen molar-refractivity contribution in [1.82, 2.24) is 14.8 Å². The molecule has 3 aromatic rings. The fourth-order valence-electron chi connectivity index (χ4n) is 2.79. The fourth-order valence-corrected chi connectivity index (χ4v) is 4.86. The van der Waals surface area contributed by atoms with Crippen LogP contribution in [0, 0.1) is 13.8 Å². The van der Waals surface area contributed by atoms with Crippen molar-refractivity contribution in [2.45, 2.75) is 29.7 Å². The number of aromatic nitrogens is 3. The molecule has 0 amide bonds. The summed E-state index contributed by atoms with van der Waals surface area (Å²) in [4.78, 5) is 0.286. The topological polar surface area (TPSA) is 74.1 Å². The predicted molar refractivity (Wildman–Crippen MR) is 110 cm³/mol. The average molecular weight is 418 g/mol. The third kappa shape index (κ3) is 5.14. The van der Waals surface area contributed by atoms with E-state index in [0.29, 0.717) is 23.3 Å². The van der Waals surface area contributed by atoms with Crippen molar-refractivity contribution in [1.29, 1.82) is 0 Å². The summed E-state index contributed by atoms with van der Waals surface area (Å²) in [6.45, 7) is 4.61. The SMILES string of the molecule is Cc1cc(C)cc(OCCSc2nnc(CS(=O)(=O)c3ccccc3)n2C)c1. The maximum Gasteiger partial charge on any atom is 0.191 e. The van der Waals surface area contributed by atoms with Crippen molar-refractivity contribution in [2.24, 2.45) is 7.05 Å². The van der Waals surface area contributed by atoms with E-state index >= 15 is 0 Å². The summed E-state index contributed by atoms with van der Waals surface area (Å²) in [6.07, 6.45) is 0. The average Bonchev–Trinajstić information content (AvgIpc) is 2.98. The second kappa shape index (κ2) is 8.79. The smallest absolute Gasteiger partial charge is 0.191 e. The zero-order chi connectivity index (χ0) is 20.1. The Labute approximate surface area is 169 Å². The fraction of sp³-hybridized carbons (Fsp3) is 0.300. The molecular formula is C20H23N3O3S2. The highest BCUT2D eigenvalue weighted by atomic mass is 32.2. The molecule has 0 fully saturated rings. The molecule has 0 spiro atoms. The van der Waals surface area contributed by atoms with E-state index in [1.54, 1.807) is 41.9 Å². The van der Waals surface area contributed by atoms with Crippen LogP contribution in [0.4, 0.5) is 0 Å². The molecule has 0 atom stereocenters. The molecular weight excluding hydrogens is 394 g/mol. The van der Waals surface area contributed by atoms with Crippen molar-refractivity contribution in [2.75, 3.05) is 12.4 Å². The molecule has 0 aliphatic carbocycles. The van der Waals surface area contributed by atoms with Gasteiger partial charge in [-0.3, -0.25) is 0 Å². The van der Waals surface area contributed by atoms with Gasteiger partial charge in [0, 0.05) is 12.8 Å². The molecule has 3 rings (SSSR count). The van der Waals surface area contributed by atoms with Crippen molar-refractivity contribution in [3.8, 4) is 5.75 Å². The van der Waals surface area contributed by atoms with Gasteiger partial charge in [0.2, 0.25) is 0 Å². The first kappa shape index (κ1) is 20.4. The summed E-state index contributed by atoms with van der Waals surface area (Å²) in [5.74, 6) is 1.78. The second-order valence-corrected chi connectivity index (χ2v) is 9.60. The minimum atomic E-state index is -3.45. The van der Waals surface area contributed by atoms with Crippen LogP contribution in [0.1, 0.15) is 17.0 Å². The number of sulfone groups is 1. The number of nitrogens with zero attached hydrogens (tertiary/aromatic N) is 3. The van der Waals surface area contributed by atoms with Crippen molar-refractivity contribution in [3.63, 3.8) is 0 Å². The van der Waals surface area contributed by atoms with Crippen LogP contribution in [0.15, 0.2) is 58.6 Å². The summed E-state index contributed by atoms with van der Waals surface area (Å²) in [6, 6.07) is 14.5. The first-order chi connectivity index (χ1) is 13.3. The Balaban J connectivity index is 1.57. The molecule has 0 bridgehead atoms. The quantitative estimate of drug-likeness (QED) is 0.412. The Kier molecular flexibility index (Phi) is 6.41. The minimum Gasteiger partial charge on any atom is -0.493 e. The van der Waals surface area contributed by atoms with Crippen molar-refractivity contribution >= 4 is 21.6 Å². The van der Waals surface area contributed by atoms with Gasteiger partial charge in [-0.2, -0.15) is 0 Å². The van der Waals surface area contributed by atoms with Gasteiger partial charge in [-0.1, -0.05) is 36.0 Å². The predicted octanol–water partition coefficient (Wildman–Crippen LogP) is 3.58. The third-order valence-corrected chi connectivity index (χ3v) is 6.74. The maximum atomic E-state index is 12.5. The number of hydrogen-bond acceptors (Lipinski definition) is 6. The van der Waals surface area contributed by atoms with Crippen LogP contribution in [0.2, 0.25) is 0 Å². The van der Waals surface area contributed by atoms with Gasteiger partial charge >= 0.3 is 0 Å². The number of hydrogen-bond donors (Lipinski definition) is 0. The summed E-state index contributed by atoms with van der Waals surface area (Å²) < 4.78 is 32.6. The van der Waals surface area contributed by atoms with E-state index in [1.807, 2.05) is 26.0 Å². The van der Waals surface area contributed by atoms with Gasteiger partial charge in [0.05, 0.1) is 11.5 Å². The molecule has 1 heterocycles. The zero-order valence-electron chi connectivity index (χ0n) is 16.1. The maximum absolute atomic E-state index is 12.5. The number of benzene rings is 2. The number of thioether (sulfide) groups is 1. The van der Waals surface area contributed by atoms with Gasteiger partial charge in [0.1, 0.15) is 17.3 Å². The molecule has 2 aromatic carbocycles. The van der Waals surface area contributed by atoms with Crippen LogP contribution in [-0.2, 0) is 22.6 Å². The molecule has 0 N–H and O–H groups in total. The van der Waals surface area contributed by atoms with Crippen LogP contribution in [0.3, 0.4) is 0 Å². The van der Waals surface area contributed by atoms with Crippen LogP contribution in [-0.4, -0.2) is 35.5 Å². The molecule has 148 valence electrons. The molecule has 1 aromatic heterocycles. The Morgan fingerprint density at radius 3 is 2.39 bits per heavy atom. The van der Waals surface area contributed by atoms with Gasteiger partial charge in [-0.15, -0.1) is 10.2 Å². The molecule has 0 aliphatic rings. The summed E-state index contributed by atoms with van der Waals surface area (Å²) >= 11 is 1.49. The highest BCUT2D eigenvalue weighted by Gasteiger charge is 2.20. The third-order valence-electron chi connectivity index (χ3n) is 4.12. The lowest BCUT2D eigenvalue weighted by molar-refractivity contribution is 0.343. The minimum absolute atomic E-state index is 0.180. The van der Waals surface area contributed by atoms with Crippen LogP contribution in [0.25, 0.3) is 0 Å². The Morgan fingerprint density at radius 1 is 1.04 bits per heavy atom. The molecule has 28 heavy (non-hydrogen) atoms. The Hall–Kier alpha value is -2.32. The largest absolute Gasteiger partial charge is 0.493 e. The first-order valence-electron chi connectivity index (χ1n) is 8.85. The number of rotatable bonds is 8. The highest BCUT2D eigenvalue weighted by molar-refractivity contribution is 7.99. The van der Waals surface area contributed by atoms with E-state index in [0.717, 1.165) is 5.75 Å². The Morgan fingerprint density at radius 2 is 1.71 bits per heavy atom. The molecule has 0 aliphatic heterocycles. The van der Waals surface area contributed by atoms with E-state index in [9.17, 15) is 8.42 Å². The summed E-state index contributed by atoms with van der Waals surface area (Å²) in [5, 5.41) is 8.85. The molecule has 0 saturated heterocycles. The van der Waals surface area contributed by atoms with Crippen LogP contribution >= 0.6 is 11.8 Å².